The van der Waals surface area contributed by atoms with Gasteiger partial charge in [-0.25, -0.2) is 4.98 Å². The molecule has 0 atom stereocenters. The van der Waals surface area contributed by atoms with E-state index in [1.807, 2.05) is 19.1 Å². The van der Waals surface area contributed by atoms with Gasteiger partial charge >= 0.3 is 0 Å². The minimum atomic E-state index is 0.600. The fourth-order valence-electron chi connectivity index (χ4n) is 0.670. The molecule has 0 amide bonds. The highest BCUT2D eigenvalue weighted by Crippen LogP contribution is 2.01. The van der Waals surface area contributed by atoms with E-state index in [-0.39, 0.29) is 0 Å². The molecule has 1 aromatic heterocycles. The third kappa shape index (κ3) is 1.46. The third-order valence-corrected chi connectivity index (χ3v) is 1.07. The zero-order valence-corrected chi connectivity index (χ0v) is 5.63. The molecule has 0 radical (unpaired) electrons. The van der Waals surface area contributed by atoms with Gasteiger partial charge in [-0.2, -0.15) is 5.26 Å². The molecule has 0 unspecified atom stereocenters. The number of nitrogens with one attached hydrogen (secondary N) is 1. The molecule has 0 saturated carbocycles. The number of hydrogen-bond donors (Lipinski definition) is 1. The second kappa shape index (κ2) is 2.83. The zero-order chi connectivity index (χ0) is 7.40. The second-order valence-electron chi connectivity index (χ2n) is 1.90. The lowest BCUT2D eigenvalue weighted by molar-refractivity contribution is 1.20. The van der Waals surface area contributed by atoms with Crippen LogP contribution in [0, 0.1) is 18.4 Å². The Kier molecular flexibility index (Phi) is 1.86. The molecule has 0 aliphatic rings. The van der Waals surface area contributed by atoms with Crippen LogP contribution in [0.5, 0.6) is 0 Å². The Morgan fingerprint density at radius 1 is 1.60 bits per heavy atom. The largest absolute Gasteiger partial charge is 0.277 e. The number of nitriles is 1. The minimum Gasteiger partial charge on any atom is -0.277 e. The molecule has 3 nitrogen and oxygen atoms in total. The highest BCUT2D eigenvalue weighted by Gasteiger charge is 1.88. The predicted molar refractivity (Wildman–Crippen MR) is 38.2 cm³/mol. The van der Waals surface area contributed by atoms with Crippen LogP contribution in [0.2, 0.25) is 0 Å². The number of hydrogen-bond acceptors (Lipinski definition) is 3. The van der Waals surface area contributed by atoms with Crippen molar-refractivity contribution >= 4 is 5.82 Å². The maximum absolute atomic E-state index is 8.21. The van der Waals surface area contributed by atoms with Gasteiger partial charge in [0, 0.05) is 5.69 Å². The molecule has 10 heavy (non-hydrogen) atoms. The van der Waals surface area contributed by atoms with Crippen molar-refractivity contribution in [3.8, 4) is 6.19 Å². The van der Waals surface area contributed by atoms with E-state index in [1.165, 1.54) is 0 Å². The van der Waals surface area contributed by atoms with Crippen molar-refractivity contribution in [3.05, 3.63) is 23.9 Å². The zero-order valence-electron chi connectivity index (χ0n) is 5.63. The van der Waals surface area contributed by atoms with Gasteiger partial charge in [0.05, 0.1) is 0 Å². The molecular weight excluding hydrogens is 126 g/mol. The fraction of sp³-hybridized carbons (Fsp3) is 0.143. The van der Waals surface area contributed by atoms with Crippen LogP contribution in [0.25, 0.3) is 0 Å². The van der Waals surface area contributed by atoms with E-state index in [0.717, 1.165) is 5.69 Å². The highest BCUT2D eigenvalue weighted by molar-refractivity contribution is 5.38. The predicted octanol–water partition coefficient (Wildman–Crippen LogP) is 1.28. The van der Waals surface area contributed by atoms with Crippen LogP contribution in [0.4, 0.5) is 5.82 Å². The average molecular weight is 133 g/mol. The number of anilines is 1. The molecule has 3 heteroatoms. The molecule has 1 heterocycles. The first-order valence-corrected chi connectivity index (χ1v) is 2.91. The summed E-state index contributed by atoms with van der Waals surface area (Å²) in [7, 11) is 0. The third-order valence-electron chi connectivity index (χ3n) is 1.07. The Hall–Kier alpha value is -1.56. The Balaban J connectivity index is 2.87. The van der Waals surface area contributed by atoms with E-state index >= 15 is 0 Å². The molecule has 0 aliphatic heterocycles. The van der Waals surface area contributed by atoms with Crippen LogP contribution in [0.1, 0.15) is 5.69 Å². The summed E-state index contributed by atoms with van der Waals surface area (Å²) in [5.74, 6) is 0.600. The molecule has 0 aromatic carbocycles. The number of nitrogens with zero attached hydrogens (tertiary/aromatic N) is 2. The first kappa shape index (κ1) is 6.56. The lowest BCUT2D eigenvalue weighted by Crippen LogP contribution is -1.91. The van der Waals surface area contributed by atoms with Gasteiger partial charge in [0.1, 0.15) is 5.82 Å². The fourth-order valence-corrected chi connectivity index (χ4v) is 0.670. The summed E-state index contributed by atoms with van der Waals surface area (Å²) in [6.45, 7) is 1.88. The number of pyridine rings is 1. The molecule has 0 saturated heterocycles. The van der Waals surface area contributed by atoms with Crippen molar-refractivity contribution in [2.75, 3.05) is 5.32 Å². The summed E-state index contributed by atoms with van der Waals surface area (Å²) in [5, 5.41) is 10.7. The quantitative estimate of drug-likeness (QED) is 0.463. The first-order chi connectivity index (χ1) is 4.83. The Labute approximate surface area is 59.3 Å². The van der Waals surface area contributed by atoms with Crippen LogP contribution in [0.15, 0.2) is 18.2 Å². The van der Waals surface area contributed by atoms with Crippen LogP contribution >= 0.6 is 0 Å². The van der Waals surface area contributed by atoms with Crippen molar-refractivity contribution in [2.45, 2.75) is 6.92 Å². The number of rotatable bonds is 1. The number of aromatic nitrogens is 1. The topological polar surface area (TPSA) is 48.7 Å². The lowest BCUT2D eigenvalue weighted by atomic mass is 10.4. The highest BCUT2D eigenvalue weighted by atomic mass is 15.0. The van der Waals surface area contributed by atoms with E-state index in [0.29, 0.717) is 5.82 Å². The summed E-state index contributed by atoms with van der Waals surface area (Å²) in [5.41, 5.74) is 0.903. The van der Waals surface area contributed by atoms with E-state index in [2.05, 4.69) is 10.3 Å². The first-order valence-electron chi connectivity index (χ1n) is 2.91. The van der Waals surface area contributed by atoms with Crippen LogP contribution < -0.4 is 5.32 Å². The second-order valence-corrected chi connectivity index (χ2v) is 1.90. The van der Waals surface area contributed by atoms with Crippen molar-refractivity contribution < 1.29 is 0 Å². The smallest absolute Gasteiger partial charge is 0.182 e. The Morgan fingerprint density at radius 2 is 2.40 bits per heavy atom. The van der Waals surface area contributed by atoms with Crippen molar-refractivity contribution in [3.63, 3.8) is 0 Å². The van der Waals surface area contributed by atoms with Crippen molar-refractivity contribution in [1.29, 1.82) is 5.26 Å². The van der Waals surface area contributed by atoms with Gasteiger partial charge in [0.2, 0.25) is 0 Å². The minimum absolute atomic E-state index is 0.600. The van der Waals surface area contributed by atoms with Gasteiger partial charge in [0.15, 0.2) is 6.19 Å². The summed E-state index contributed by atoms with van der Waals surface area (Å²) >= 11 is 0. The summed E-state index contributed by atoms with van der Waals surface area (Å²) in [6.07, 6.45) is 1.80. The van der Waals surface area contributed by atoms with Crippen molar-refractivity contribution in [1.82, 2.24) is 4.98 Å². The maximum Gasteiger partial charge on any atom is 0.182 e. The average Bonchev–Trinajstić information content (AvgIpc) is 1.88. The van der Waals surface area contributed by atoms with E-state index in [4.69, 9.17) is 5.26 Å². The normalized spacial score (nSPS) is 8.40. The van der Waals surface area contributed by atoms with E-state index in [1.54, 1.807) is 12.3 Å². The molecule has 1 N–H and O–H groups in total. The van der Waals surface area contributed by atoms with Gasteiger partial charge in [0.25, 0.3) is 0 Å². The molecule has 50 valence electrons. The Morgan fingerprint density at radius 3 is 3.00 bits per heavy atom. The Bertz CT molecular complexity index is 262. The lowest BCUT2D eigenvalue weighted by Gasteiger charge is -1.95. The maximum atomic E-state index is 8.21. The summed E-state index contributed by atoms with van der Waals surface area (Å²) in [4.78, 5) is 4.03. The molecule has 0 bridgehead atoms. The molecule has 0 spiro atoms. The molecule has 0 aliphatic carbocycles. The summed E-state index contributed by atoms with van der Waals surface area (Å²) in [6, 6.07) is 5.47. The monoisotopic (exact) mass is 133 g/mol. The van der Waals surface area contributed by atoms with Crippen LogP contribution in [-0.2, 0) is 0 Å². The van der Waals surface area contributed by atoms with E-state index < -0.39 is 0 Å². The molecule has 0 fully saturated rings. The van der Waals surface area contributed by atoms with Crippen LogP contribution in [0.3, 0.4) is 0 Å². The van der Waals surface area contributed by atoms with Gasteiger partial charge < -0.3 is 0 Å². The molecule has 1 aromatic rings. The molecule has 1 rings (SSSR count). The SMILES string of the molecule is Cc1cccc(NC#N)n1. The summed E-state index contributed by atoms with van der Waals surface area (Å²) < 4.78 is 0. The van der Waals surface area contributed by atoms with Crippen LogP contribution in [-0.4, -0.2) is 4.98 Å². The van der Waals surface area contributed by atoms with E-state index in [9.17, 15) is 0 Å². The number of aryl methyl sites for hydroxylation is 1. The van der Waals surface area contributed by atoms with Gasteiger partial charge in [-0.3, -0.25) is 5.32 Å². The van der Waals surface area contributed by atoms with Gasteiger partial charge in [-0.05, 0) is 19.1 Å². The van der Waals surface area contributed by atoms with Crippen molar-refractivity contribution in [2.24, 2.45) is 0 Å². The standard InChI is InChI=1S/C7H7N3/c1-6-3-2-4-7(10-6)9-5-8/h2-4H,1H3,(H,9,10). The van der Waals surface area contributed by atoms with Gasteiger partial charge in [-0.15, -0.1) is 0 Å². The molecular formula is C7H7N3. The van der Waals surface area contributed by atoms with Gasteiger partial charge in [-0.1, -0.05) is 6.07 Å².